The lowest BCUT2D eigenvalue weighted by atomic mass is 9.84. The maximum Gasteiger partial charge on any atom is 0.0462 e. The van der Waals surface area contributed by atoms with Crippen LogP contribution in [0.1, 0.15) is 0 Å². The maximum absolute atomic E-state index is 3.60. The van der Waals surface area contributed by atoms with Crippen LogP contribution in [0.15, 0.2) is 185 Å². The molecule has 0 N–H and O–H groups in total. The molecule has 0 saturated carbocycles. The molecule has 0 amide bonds. The Kier molecular flexibility index (Phi) is 8.46. The first kappa shape index (κ1) is 29.0. The molecule has 0 spiro atoms. The zero-order valence-electron chi connectivity index (χ0n) is 24.4. The Hall–Kier alpha value is -4.70. The van der Waals surface area contributed by atoms with Crippen molar-refractivity contribution < 1.29 is 0 Å². The van der Waals surface area contributed by atoms with Crippen LogP contribution in [-0.4, -0.2) is 0 Å². The van der Waals surface area contributed by atoms with E-state index >= 15 is 0 Å². The summed E-state index contributed by atoms with van der Waals surface area (Å²) in [7, 11) is 0. The first-order valence-corrected chi connectivity index (χ1v) is 16.5. The predicted molar refractivity (Wildman–Crippen MR) is 198 cm³/mol. The van der Waals surface area contributed by atoms with Gasteiger partial charge in [0.05, 0.1) is 0 Å². The number of anilines is 3. The summed E-state index contributed by atoms with van der Waals surface area (Å²) in [6.07, 6.45) is 0. The molecule has 0 saturated heterocycles. The van der Waals surface area contributed by atoms with Gasteiger partial charge in [0, 0.05) is 26.0 Å². The van der Waals surface area contributed by atoms with E-state index in [0.717, 1.165) is 26.0 Å². The van der Waals surface area contributed by atoms with Crippen molar-refractivity contribution in [3.8, 4) is 44.5 Å². The Morgan fingerprint density at radius 3 is 1.07 bits per heavy atom. The number of hydrogen-bond acceptors (Lipinski definition) is 1. The molecule has 0 atom stereocenters. The predicted octanol–water partition coefficient (Wildman–Crippen LogP) is 13.3. The normalized spacial score (nSPS) is 10.9. The van der Waals surface area contributed by atoms with Crippen molar-refractivity contribution in [2.45, 2.75) is 0 Å². The van der Waals surface area contributed by atoms with E-state index in [2.05, 4.69) is 213 Å². The molecule has 216 valence electrons. The van der Waals surface area contributed by atoms with E-state index in [4.69, 9.17) is 0 Å². The maximum atomic E-state index is 3.60. The molecular weight excluding hydrogens is 678 g/mol. The lowest BCUT2D eigenvalue weighted by Crippen LogP contribution is -2.09. The second kappa shape index (κ2) is 13.1. The highest BCUT2D eigenvalue weighted by atomic mass is 79.9. The van der Waals surface area contributed by atoms with Crippen LogP contribution >= 0.6 is 31.9 Å². The Morgan fingerprint density at radius 2 is 0.667 bits per heavy atom. The van der Waals surface area contributed by atoms with Crippen LogP contribution in [0.25, 0.3) is 44.5 Å². The minimum atomic E-state index is 1.05. The SMILES string of the molecule is Brc1ccc(N(c2ccc(Br)cc2)c2ccc(-c3c(-c4ccccc4)cc(-c4ccccc4)cc3-c3ccccc3)cc2)cc1. The largest absolute Gasteiger partial charge is 0.311 e. The van der Waals surface area contributed by atoms with Crippen LogP contribution in [0.3, 0.4) is 0 Å². The highest BCUT2D eigenvalue weighted by Crippen LogP contribution is 2.44. The molecule has 45 heavy (non-hydrogen) atoms. The molecule has 1 nitrogen and oxygen atoms in total. The van der Waals surface area contributed by atoms with Crippen molar-refractivity contribution in [3.63, 3.8) is 0 Å². The Balaban J connectivity index is 1.42. The fraction of sp³-hybridized carbons (Fsp3) is 0. The molecule has 0 aliphatic rings. The van der Waals surface area contributed by atoms with Crippen molar-refractivity contribution in [2.75, 3.05) is 4.90 Å². The zero-order valence-corrected chi connectivity index (χ0v) is 27.6. The molecular formula is C42H29Br2N. The van der Waals surface area contributed by atoms with Crippen molar-refractivity contribution in [2.24, 2.45) is 0 Å². The summed E-state index contributed by atoms with van der Waals surface area (Å²) < 4.78 is 2.11. The number of hydrogen-bond donors (Lipinski definition) is 0. The van der Waals surface area contributed by atoms with Crippen LogP contribution in [-0.2, 0) is 0 Å². The standard InChI is InChI=1S/C42H29Br2N/c43-35-18-24-38(25-19-35)45(39-26-20-36(44)21-27-39)37-22-16-33(17-23-37)42-40(31-12-6-2-7-13-31)28-34(30-10-4-1-5-11-30)29-41(42)32-14-8-3-9-15-32/h1-29H. The minimum Gasteiger partial charge on any atom is -0.311 e. The van der Waals surface area contributed by atoms with E-state index in [0.29, 0.717) is 0 Å². The summed E-state index contributed by atoms with van der Waals surface area (Å²) >= 11 is 7.20. The summed E-state index contributed by atoms with van der Waals surface area (Å²) in [4.78, 5) is 2.29. The summed E-state index contributed by atoms with van der Waals surface area (Å²) in [6.45, 7) is 0. The van der Waals surface area contributed by atoms with E-state index in [1.807, 2.05) is 0 Å². The summed E-state index contributed by atoms with van der Waals surface area (Å²) in [5.41, 5.74) is 12.9. The molecule has 0 aromatic heterocycles. The molecule has 0 unspecified atom stereocenters. The lowest BCUT2D eigenvalue weighted by molar-refractivity contribution is 1.28. The third kappa shape index (κ3) is 6.28. The third-order valence-electron chi connectivity index (χ3n) is 8.00. The van der Waals surface area contributed by atoms with Gasteiger partial charge in [-0.05, 0) is 117 Å². The molecule has 0 fully saturated rings. The van der Waals surface area contributed by atoms with Gasteiger partial charge in [0.2, 0.25) is 0 Å². The topological polar surface area (TPSA) is 3.24 Å². The first-order valence-electron chi connectivity index (χ1n) is 14.9. The molecule has 7 aromatic rings. The average Bonchev–Trinajstić information content (AvgIpc) is 3.11. The Bertz CT molecular complexity index is 1910. The highest BCUT2D eigenvalue weighted by Gasteiger charge is 2.18. The van der Waals surface area contributed by atoms with Gasteiger partial charge in [-0.2, -0.15) is 0 Å². The molecule has 0 aliphatic heterocycles. The monoisotopic (exact) mass is 705 g/mol. The van der Waals surface area contributed by atoms with Crippen LogP contribution in [0.4, 0.5) is 17.1 Å². The van der Waals surface area contributed by atoms with Gasteiger partial charge in [-0.1, -0.05) is 135 Å². The van der Waals surface area contributed by atoms with Crippen LogP contribution < -0.4 is 4.90 Å². The van der Waals surface area contributed by atoms with Crippen LogP contribution in [0.5, 0.6) is 0 Å². The average molecular weight is 708 g/mol. The van der Waals surface area contributed by atoms with Crippen molar-refractivity contribution in [3.05, 3.63) is 185 Å². The summed E-state index contributed by atoms with van der Waals surface area (Å²) in [6, 6.07) is 62.7. The summed E-state index contributed by atoms with van der Waals surface area (Å²) in [5, 5.41) is 0. The molecule has 0 heterocycles. The van der Waals surface area contributed by atoms with Crippen molar-refractivity contribution >= 4 is 48.9 Å². The minimum absolute atomic E-state index is 1.05. The van der Waals surface area contributed by atoms with Gasteiger partial charge in [0.25, 0.3) is 0 Å². The van der Waals surface area contributed by atoms with Gasteiger partial charge in [0.1, 0.15) is 0 Å². The fourth-order valence-corrected chi connectivity index (χ4v) is 6.37. The van der Waals surface area contributed by atoms with Crippen molar-refractivity contribution in [1.82, 2.24) is 0 Å². The highest BCUT2D eigenvalue weighted by molar-refractivity contribution is 9.10. The third-order valence-corrected chi connectivity index (χ3v) is 9.06. The molecule has 3 heteroatoms. The zero-order chi connectivity index (χ0) is 30.6. The molecule has 0 aliphatic carbocycles. The lowest BCUT2D eigenvalue weighted by Gasteiger charge is -2.26. The van der Waals surface area contributed by atoms with Gasteiger partial charge in [-0.3, -0.25) is 0 Å². The second-order valence-corrected chi connectivity index (χ2v) is 12.7. The van der Waals surface area contributed by atoms with E-state index in [1.54, 1.807) is 0 Å². The molecule has 0 radical (unpaired) electrons. The van der Waals surface area contributed by atoms with Gasteiger partial charge in [0.15, 0.2) is 0 Å². The van der Waals surface area contributed by atoms with Crippen LogP contribution in [0.2, 0.25) is 0 Å². The number of nitrogens with zero attached hydrogens (tertiary/aromatic N) is 1. The molecule has 0 bridgehead atoms. The quantitative estimate of drug-likeness (QED) is 0.159. The number of benzene rings is 7. The first-order chi connectivity index (χ1) is 22.1. The smallest absolute Gasteiger partial charge is 0.0462 e. The molecule has 7 aromatic carbocycles. The van der Waals surface area contributed by atoms with Gasteiger partial charge in [-0.15, -0.1) is 0 Å². The van der Waals surface area contributed by atoms with E-state index in [1.165, 1.54) is 44.5 Å². The Labute approximate surface area is 281 Å². The van der Waals surface area contributed by atoms with Gasteiger partial charge in [-0.25, -0.2) is 0 Å². The Morgan fingerprint density at radius 1 is 0.311 bits per heavy atom. The van der Waals surface area contributed by atoms with E-state index in [-0.39, 0.29) is 0 Å². The van der Waals surface area contributed by atoms with E-state index < -0.39 is 0 Å². The van der Waals surface area contributed by atoms with Crippen LogP contribution in [0, 0.1) is 0 Å². The number of halogens is 2. The summed E-state index contributed by atoms with van der Waals surface area (Å²) in [5.74, 6) is 0. The van der Waals surface area contributed by atoms with Gasteiger partial charge >= 0.3 is 0 Å². The molecule has 7 rings (SSSR count). The number of rotatable bonds is 7. The second-order valence-electron chi connectivity index (χ2n) is 10.9. The van der Waals surface area contributed by atoms with Gasteiger partial charge < -0.3 is 4.90 Å². The van der Waals surface area contributed by atoms with Crippen molar-refractivity contribution in [1.29, 1.82) is 0 Å². The van der Waals surface area contributed by atoms with E-state index in [9.17, 15) is 0 Å². The fourth-order valence-electron chi connectivity index (χ4n) is 5.85.